The number of sulfonamides is 1. The zero-order valence-corrected chi connectivity index (χ0v) is 14.3. The van der Waals surface area contributed by atoms with E-state index >= 15 is 0 Å². The van der Waals surface area contributed by atoms with E-state index in [4.69, 9.17) is 0 Å². The minimum Gasteiger partial charge on any atom is -0.350 e. The van der Waals surface area contributed by atoms with Crippen LogP contribution in [0.25, 0.3) is 10.9 Å². The van der Waals surface area contributed by atoms with Crippen molar-refractivity contribution in [3.8, 4) is 0 Å². The molecule has 0 radical (unpaired) electrons. The first kappa shape index (κ1) is 15.5. The summed E-state index contributed by atoms with van der Waals surface area (Å²) in [4.78, 5) is 2.14. The van der Waals surface area contributed by atoms with Crippen molar-refractivity contribution in [2.24, 2.45) is 7.05 Å². The Hall–Kier alpha value is -1.37. The average molecular weight is 321 g/mol. The van der Waals surface area contributed by atoms with E-state index in [0.29, 0.717) is 13.1 Å². The van der Waals surface area contributed by atoms with Crippen molar-refractivity contribution in [2.75, 3.05) is 33.4 Å². The minimum atomic E-state index is -3.16. The maximum atomic E-state index is 11.9. The van der Waals surface area contributed by atoms with Gasteiger partial charge in [0.1, 0.15) is 0 Å². The summed E-state index contributed by atoms with van der Waals surface area (Å²) in [5.74, 6) is 0.191. The van der Waals surface area contributed by atoms with Gasteiger partial charge in [0.25, 0.3) is 0 Å². The number of nitrogens with zero attached hydrogens (tertiary/aromatic N) is 3. The predicted molar refractivity (Wildman–Crippen MR) is 89.6 cm³/mol. The zero-order chi connectivity index (χ0) is 16.1. The molecule has 1 aliphatic rings. The summed E-state index contributed by atoms with van der Waals surface area (Å²) in [6.45, 7) is 1.11. The van der Waals surface area contributed by atoms with Gasteiger partial charge in [0.15, 0.2) is 0 Å². The Morgan fingerprint density at radius 2 is 1.86 bits per heavy atom. The molecule has 1 aliphatic heterocycles. The number of hydrogen-bond donors (Lipinski definition) is 0. The van der Waals surface area contributed by atoms with Gasteiger partial charge in [-0.3, -0.25) is 0 Å². The smallest absolute Gasteiger partial charge is 0.211 e. The second kappa shape index (κ2) is 5.37. The highest BCUT2D eigenvalue weighted by molar-refractivity contribution is 7.88. The molecule has 0 saturated carbocycles. The van der Waals surface area contributed by atoms with Gasteiger partial charge in [-0.05, 0) is 25.7 Å². The van der Waals surface area contributed by atoms with Crippen LogP contribution in [-0.2, 0) is 17.1 Å². The maximum Gasteiger partial charge on any atom is 0.211 e. The van der Waals surface area contributed by atoms with E-state index in [0.717, 1.165) is 0 Å². The van der Waals surface area contributed by atoms with Crippen molar-refractivity contribution in [1.29, 1.82) is 0 Å². The van der Waals surface area contributed by atoms with Crippen molar-refractivity contribution < 1.29 is 8.42 Å². The molecule has 3 rings (SSSR count). The molecule has 2 atom stereocenters. The van der Waals surface area contributed by atoms with Gasteiger partial charge >= 0.3 is 0 Å². The monoisotopic (exact) mass is 321 g/mol. The van der Waals surface area contributed by atoms with Gasteiger partial charge < -0.3 is 9.47 Å². The molecule has 0 aliphatic carbocycles. The fraction of sp³-hybridized carbons (Fsp3) is 0.500. The quantitative estimate of drug-likeness (QED) is 0.860. The van der Waals surface area contributed by atoms with Crippen LogP contribution < -0.4 is 0 Å². The summed E-state index contributed by atoms with van der Waals surface area (Å²) < 4.78 is 27.6. The summed E-state index contributed by atoms with van der Waals surface area (Å²) in [5.41, 5.74) is 2.43. The number of hydrogen-bond acceptors (Lipinski definition) is 3. The molecule has 1 aromatic heterocycles. The Morgan fingerprint density at radius 3 is 2.50 bits per heavy atom. The van der Waals surface area contributed by atoms with Crippen LogP contribution in [0.4, 0.5) is 0 Å². The van der Waals surface area contributed by atoms with Crippen LogP contribution in [0.5, 0.6) is 0 Å². The summed E-state index contributed by atoms with van der Waals surface area (Å²) >= 11 is 0. The Morgan fingerprint density at radius 1 is 1.18 bits per heavy atom. The summed E-state index contributed by atoms with van der Waals surface area (Å²) in [6.07, 6.45) is 3.45. The Bertz CT molecular complexity index is 795. The number of likely N-dealkylation sites (N-methyl/N-ethyl adjacent to an activating group) is 1. The summed E-state index contributed by atoms with van der Waals surface area (Å²) in [5, 5.41) is 1.22. The molecule has 0 bridgehead atoms. The van der Waals surface area contributed by atoms with Crippen LogP contribution in [0.15, 0.2) is 30.5 Å². The van der Waals surface area contributed by atoms with Crippen LogP contribution in [0.3, 0.4) is 0 Å². The Balaban J connectivity index is 2.08. The first-order valence-electron chi connectivity index (χ1n) is 7.44. The van der Waals surface area contributed by atoms with Crippen molar-refractivity contribution >= 4 is 20.9 Å². The largest absolute Gasteiger partial charge is 0.350 e. The van der Waals surface area contributed by atoms with E-state index < -0.39 is 10.0 Å². The molecule has 5 nitrogen and oxygen atoms in total. The van der Waals surface area contributed by atoms with Gasteiger partial charge in [0, 0.05) is 49.2 Å². The van der Waals surface area contributed by atoms with Crippen molar-refractivity contribution in [3.63, 3.8) is 0 Å². The fourth-order valence-corrected chi connectivity index (χ4v) is 4.37. The molecular formula is C16H23N3O2S. The van der Waals surface area contributed by atoms with E-state index in [-0.39, 0.29) is 12.0 Å². The standard InChI is InChI=1S/C16H23N3O2S/c1-17(2)16-11-19(22(4,20)21)10-14(16)13-9-18(3)15-8-6-5-7-12(13)15/h5-9,14,16H,10-11H2,1-4H3/t14-,16+/m0/s1. The second-order valence-corrected chi connectivity index (χ2v) is 8.41. The lowest BCUT2D eigenvalue weighted by Gasteiger charge is -2.24. The highest BCUT2D eigenvalue weighted by Gasteiger charge is 2.40. The Kier molecular flexibility index (Phi) is 3.79. The Labute approximate surface area is 132 Å². The zero-order valence-electron chi connectivity index (χ0n) is 13.5. The van der Waals surface area contributed by atoms with Crippen molar-refractivity contribution in [1.82, 2.24) is 13.8 Å². The third kappa shape index (κ3) is 2.55. The molecule has 6 heteroatoms. The number of benzene rings is 1. The van der Waals surface area contributed by atoms with Crippen LogP contribution in [-0.4, -0.2) is 61.7 Å². The third-order valence-corrected chi connectivity index (χ3v) is 5.95. The molecule has 22 heavy (non-hydrogen) atoms. The molecule has 120 valence electrons. The van der Waals surface area contributed by atoms with E-state index in [1.54, 1.807) is 4.31 Å². The van der Waals surface area contributed by atoms with Crippen molar-refractivity contribution in [3.05, 3.63) is 36.0 Å². The molecule has 2 heterocycles. The van der Waals surface area contributed by atoms with Gasteiger partial charge in [0.05, 0.1) is 6.26 Å². The maximum absolute atomic E-state index is 11.9. The normalized spacial score (nSPS) is 23.7. The predicted octanol–water partition coefficient (Wildman–Crippen LogP) is 1.47. The van der Waals surface area contributed by atoms with Crippen LogP contribution in [0, 0.1) is 0 Å². The number of aryl methyl sites for hydroxylation is 1. The van der Waals surface area contributed by atoms with Crippen LogP contribution in [0.1, 0.15) is 11.5 Å². The molecule has 0 amide bonds. The molecule has 1 fully saturated rings. The topological polar surface area (TPSA) is 45.6 Å². The molecule has 0 unspecified atom stereocenters. The number of fused-ring (bicyclic) bond motifs is 1. The number of rotatable bonds is 3. The number of aromatic nitrogens is 1. The number of para-hydroxylation sites is 1. The molecule has 0 N–H and O–H groups in total. The fourth-order valence-electron chi connectivity index (χ4n) is 3.52. The van der Waals surface area contributed by atoms with Crippen LogP contribution in [0.2, 0.25) is 0 Å². The molecule has 2 aromatic rings. The molecule has 1 saturated heterocycles. The van der Waals surface area contributed by atoms with E-state index in [1.807, 2.05) is 33.3 Å². The van der Waals surface area contributed by atoms with Gasteiger partial charge in [-0.15, -0.1) is 0 Å². The van der Waals surface area contributed by atoms with Crippen LogP contribution >= 0.6 is 0 Å². The van der Waals surface area contributed by atoms with Gasteiger partial charge in [-0.1, -0.05) is 18.2 Å². The van der Waals surface area contributed by atoms with Gasteiger partial charge in [0.2, 0.25) is 10.0 Å². The SMILES string of the molecule is CN(C)[C@@H]1CN(S(C)(=O)=O)C[C@H]1c1cn(C)c2ccccc12. The van der Waals surface area contributed by atoms with Crippen molar-refractivity contribution in [2.45, 2.75) is 12.0 Å². The lowest BCUT2D eigenvalue weighted by atomic mass is 9.93. The minimum absolute atomic E-state index is 0.191. The van der Waals surface area contributed by atoms with Gasteiger partial charge in [-0.2, -0.15) is 4.31 Å². The molecular weight excluding hydrogens is 298 g/mol. The summed E-state index contributed by atoms with van der Waals surface area (Å²) in [7, 11) is 2.93. The third-order valence-electron chi connectivity index (χ3n) is 4.72. The van der Waals surface area contributed by atoms with E-state index in [9.17, 15) is 8.42 Å². The molecule has 0 spiro atoms. The average Bonchev–Trinajstić information content (AvgIpc) is 3.01. The second-order valence-electron chi connectivity index (χ2n) is 6.43. The first-order valence-corrected chi connectivity index (χ1v) is 9.29. The molecule has 1 aromatic carbocycles. The highest BCUT2D eigenvalue weighted by atomic mass is 32.2. The first-order chi connectivity index (χ1) is 10.3. The summed E-state index contributed by atoms with van der Waals surface area (Å²) in [6, 6.07) is 8.50. The van der Waals surface area contributed by atoms with E-state index in [2.05, 4.69) is 27.8 Å². The van der Waals surface area contributed by atoms with Gasteiger partial charge in [-0.25, -0.2) is 8.42 Å². The lowest BCUT2D eigenvalue weighted by molar-refractivity contribution is 0.285. The van der Waals surface area contributed by atoms with E-state index in [1.165, 1.54) is 22.7 Å². The lowest BCUT2D eigenvalue weighted by Crippen LogP contribution is -2.35. The highest BCUT2D eigenvalue weighted by Crippen LogP contribution is 2.36.